The average molecular weight is 584 g/mol. The number of halogens is 3. The molecule has 0 spiro atoms. The number of carbonyl (C=O) groups is 2. The molecule has 2 aliphatic heterocycles. The molecule has 0 radical (unpaired) electrons. The highest BCUT2D eigenvalue weighted by molar-refractivity contribution is 5.85. The Morgan fingerprint density at radius 2 is 1.59 bits per heavy atom. The van der Waals surface area contributed by atoms with E-state index in [-0.39, 0.29) is 37.4 Å². The number of likely N-dealkylation sites (tertiary alicyclic amines) is 1. The SMILES string of the molecule is CC(=O)NC1(c2ccccc2)CCN(CCC2(c3ccc(F)c(F)c3)CN(Cc3ccccc3)C(=O)CO2)CC1.Cl. The molecule has 41 heavy (non-hydrogen) atoms. The number of amides is 2. The zero-order valence-electron chi connectivity index (χ0n) is 23.2. The fourth-order valence-electron chi connectivity index (χ4n) is 6.01. The number of rotatable bonds is 8. The fraction of sp³-hybridized carbons (Fsp3) is 0.375. The van der Waals surface area contributed by atoms with Gasteiger partial charge in [0, 0.05) is 33.1 Å². The predicted octanol–water partition coefficient (Wildman–Crippen LogP) is 5.16. The Morgan fingerprint density at radius 3 is 2.22 bits per heavy atom. The summed E-state index contributed by atoms with van der Waals surface area (Å²) in [6.07, 6.45) is 1.98. The second kappa shape index (κ2) is 13.1. The summed E-state index contributed by atoms with van der Waals surface area (Å²) in [7, 11) is 0. The molecule has 2 saturated heterocycles. The van der Waals surface area contributed by atoms with E-state index in [4.69, 9.17) is 4.74 Å². The Bertz CT molecular complexity index is 1340. The number of hydrogen-bond donors (Lipinski definition) is 1. The summed E-state index contributed by atoms with van der Waals surface area (Å²) in [6, 6.07) is 23.6. The molecule has 2 fully saturated rings. The number of nitrogens with zero attached hydrogens (tertiary/aromatic N) is 2. The highest BCUT2D eigenvalue weighted by Crippen LogP contribution is 2.37. The first-order chi connectivity index (χ1) is 19.3. The van der Waals surface area contributed by atoms with E-state index in [1.54, 1.807) is 17.9 Å². The third-order valence-corrected chi connectivity index (χ3v) is 8.22. The van der Waals surface area contributed by atoms with Gasteiger partial charge in [-0.15, -0.1) is 12.4 Å². The van der Waals surface area contributed by atoms with Crippen molar-refractivity contribution in [2.75, 3.05) is 32.8 Å². The fourth-order valence-corrected chi connectivity index (χ4v) is 6.01. The molecule has 1 unspecified atom stereocenters. The van der Waals surface area contributed by atoms with Crippen molar-refractivity contribution in [1.82, 2.24) is 15.1 Å². The number of piperidine rings is 1. The van der Waals surface area contributed by atoms with Gasteiger partial charge in [0.2, 0.25) is 11.8 Å². The van der Waals surface area contributed by atoms with Crippen molar-refractivity contribution < 1.29 is 23.1 Å². The molecule has 9 heteroatoms. The van der Waals surface area contributed by atoms with Crippen molar-refractivity contribution in [2.45, 2.75) is 43.9 Å². The second-order valence-corrected chi connectivity index (χ2v) is 10.9. The van der Waals surface area contributed by atoms with Gasteiger partial charge in [-0.1, -0.05) is 66.7 Å². The summed E-state index contributed by atoms with van der Waals surface area (Å²) < 4.78 is 34.5. The van der Waals surface area contributed by atoms with Crippen LogP contribution in [0.25, 0.3) is 0 Å². The zero-order chi connectivity index (χ0) is 28.2. The van der Waals surface area contributed by atoms with Crippen LogP contribution in [0.4, 0.5) is 8.78 Å². The van der Waals surface area contributed by atoms with Crippen molar-refractivity contribution in [3.63, 3.8) is 0 Å². The summed E-state index contributed by atoms with van der Waals surface area (Å²) in [5.74, 6) is -2.05. The molecule has 0 aliphatic carbocycles. The van der Waals surface area contributed by atoms with Crippen LogP contribution in [0.15, 0.2) is 78.9 Å². The smallest absolute Gasteiger partial charge is 0.249 e. The first kappa shape index (κ1) is 30.6. The number of hydrogen-bond acceptors (Lipinski definition) is 4. The number of morpholine rings is 1. The van der Waals surface area contributed by atoms with Crippen LogP contribution < -0.4 is 5.32 Å². The number of benzene rings is 3. The first-order valence-electron chi connectivity index (χ1n) is 13.8. The lowest BCUT2D eigenvalue weighted by molar-refractivity contribution is -0.169. The summed E-state index contributed by atoms with van der Waals surface area (Å²) in [4.78, 5) is 29.0. The van der Waals surface area contributed by atoms with E-state index in [2.05, 4.69) is 22.3 Å². The van der Waals surface area contributed by atoms with E-state index < -0.39 is 22.8 Å². The predicted molar refractivity (Wildman–Crippen MR) is 155 cm³/mol. The molecule has 6 nitrogen and oxygen atoms in total. The van der Waals surface area contributed by atoms with Gasteiger partial charge in [0.1, 0.15) is 12.2 Å². The minimum atomic E-state index is -0.983. The summed E-state index contributed by atoms with van der Waals surface area (Å²) >= 11 is 0. The molecule has 3 aromatic carbocycles. The average Bonchev–Trinajstić information content (AvgIpc) is 2.96. The molecule has 0 bridgehead atoms. The van der Waals surface area contributed by atoms with Gasteiger partial charge >= 0.3 is 0 Å². The van der Waals surface area contributed by atoms with Crippen LogP contribution in [-0.2, 0) is 32.0 Å². The van der Waals surface area contributed by atoms with E-state index in [0.29, 0.717) is 25.1 Å². The lowest BCUT2D eigenvalue weighted by Gasteiger charge is -2.46. The normalized spacial score (nSPS) is 20.8. The Hall–Kier alpha value is -3.33. The highest BCUT2D eigenvalue weighted by atomic mass is 35.5. The molecule has 2 aliphatic rings. The lowest BCUT2D eigenvalue weighted by atomic mass is 9.80. The van der Waals surface area contributed by atoms with Crippen molar-refractivity contribution in [3.8, 4) is 0 Å². The molecule has 2 heterocycles. The van der Waals surface area contributed by atoms with Crippen LogP contribution in [0.1, 0.15) is 42.9 Å². The first-order valence-corrected chi connectivity index (χ1v) is 13.8. The van der Waals surface area contributed by atoms with E-state index in [9.17, 15) is 18.4 Å². The van der Waals surface area contributed by atoms with Gasteiger partial charge in [-0.2, -0.15) is 0 Å². The third kappa shape index (κ3) is 6.94. The molecule has 1 atom stereocenters. The quantitative estimate of drug-likeness (QED) is 0.398. The van der Waals surface area contributed by atoms with Gasteiger partial charge in [-0.25, -0.2) is 8.78 Å². The maximum absolute atomic E-state index is 14.4. The molecular formula is C32H36ClF2N3O3. The van der Waals surface area contributed by atoms with Gasteiger partial charge in [-0.3, -0.25) is 9.59 Å². The summed E-state index contributed by atoms with van der Waals surface area (Å²) in [6.45, 7) is 4.19. The Balaban J connectivity index is 0.00000387. The van der Waals surface area contributed by atoms with Crippen molar-refractivity contribution in [2.24, 2.45) is 0 Å². The monoisotopic (exact) mass is 583 g/mol. The minimum Gasteiger partial charge on any atom is -0.359 e. The van der Waals surface area contributed by atoms with Crippen molar-refractivity contribution in [1.29, 1.82) is 0 Å². The largest absolute Gasteiger partial charge is 0.359 e. The lowest BCUT2D eigenvalue weighted by Crippen LogP contribution is -2.55. The number of nitrogens with one attached hydrogen (secondary N) is 1. The van der Waals surface area contributed by atoms with E-state index in [1.165, 1.54) is 6.07 Å². The van der Waals surface area contributed by atoms with Crippen LogP contribution in [0.2, 0.25) is 0 Å². The molecule has 3 aromatic rings. The van der Waals surface area contributed by atoms with Crippen LogP contribution >= 0.6 is 12.4 Å². The molecule has 0 saturated carbocycles. The molecule has 5 rings (SSSR count). The Kier molecular flexibility index (Phi) is 9.79. The molecular weight excluding hydrogens is 548 g/mol. The highest BCUT2D eigenvalue weighted by Gasteiger charge is 2.43. The maximum Gasteiger partial charge on any atom is 0.249 e. The van der Waals surface area contributed by atoms with Gasteiger partial charge in [-0.05, 0) is 48.1 Å². The molecule has 1 N–H and O–H groups in total. The summed E-state index contributed by atoms with van der Waals surface area (Å²) in [5.41, 5.74) is 1.19. The van der Waals surface area contributed by atoms with E-state index in [0.717, 1.165) is 43.1 Å². The topological polar surface area (TPSA) is 61.9 Å². The molecule has 2 amide bonds. The van der Waals surface area contributed by atoms with Crippen molar-refractivity contribution in [3.05, 3.63) is 107 Å². The van der Waals surface area contributed by atoms with Gasteiger partial charge < -0.3 is 19.9 Å². The van der Waals surface area contributed by atoms with Gasteiger partial charge in [0.15, 0.2) is 11.6 Å². The van der Waals surface area contributed by atoms with Crippen LogP contribution in [-0.4, -0.2) is 54.4 Å². The van der Waals surface area contributed by atoms with E-state index in [1.807, 2.05) is 48.5 Å². The number of ether oxygens (including phenoxy) is 1. The molecule has 218 valence electrons. The minimum absolute atomic E-state index is 0. The van der Waals surface area contributed by atoms with Crippen molar-refractivity contribution >= 4 is 24.2 Å². The van der Waals surface area contributed by atoms with Gasteiger partial charge in [0.25, 0.3) is 0 Å². The van der Waals surface area contributed by atoms with Crippen LogP contribution in [0.3, 0.4) is 0 Å². The van der Waals surface area contributed by atoms with E-state index >= 15 is 0 Å². The maximum atomic E-state index is 14.4. The van der Waals surface area contributed by atoms with Gasteiger partial charge in [0.05, 0.1) is 12.1 Å². The molecule has 0 aromatic heterocycles. The Morgan fingerprint density at radius 1 is 0.927 bits per heavy atom. The van der Waals surface area contributed by atoms with Crippen LogP contribution in [0, 0.1) is 11.6 Å². The summed E-state index contributed by atoms with van der Waals surface area (Å²) in [5, 5.41) is 3.20. The Labute approximate surface area is 246 Å². The van der Waals surface area contributed by atoms with Crippen LogP contribution in [0.5, 0.6) is 0 Å². The zero-order valence-corrected chi connectivity index (χ0v) is 24.0. The standard InChI is InChI=1S/C32H35F2N3O3.ClH/c1-24(38)35-31(26-10-6-3-7-11-26)14-17-36(18-15-31)19-16-32(27-12-13-28(33)29(34)20-27)23-37(30(39)22-40-32)21-25-8-4-2-5-9-25;/h2-13,20H,14-19,21-23H2,1H3,(H,35,38);1H. The second-order valence-electron chi connectivity index (χ2n) is 10.9. The number of carbonyl (C=O) groups excluding carboxylic acids is 2. The third-order valence-electron chi connectivity index (χ3n) is 8.22.